The third-order valence-corrected chi connectivity index (χ3v) is 2.90. The molecule has 0 radical (unpaired) electrons. The lowest BCUT2D eigenvalue weighted by Gasteiger charge is -2.17. The minimum absolute atomic E-state index is 0. The molecule has 0 heterocycles. The van der Waals surface area contributed by atoms with Gasteiger partial charge in [0.15, 0.2) is 0 Å². The summed E-state index contributed by atoms with van der Waals surface area (Å²) >= 11 is 0. The van der Waals surface area contributed by atoms with Gasteiger partial charge in [0.2, 0.25) is 0 Å². The molecule has 9 heteroatoms. The summed E-state index contributed by atoms with van der Waals surface area (Å²) in [4.78, 5) is 41.9. The number of carbonyl (C=O) groups is 3. The Balaban J connectivity index is -0.00000338. The van der Waals surface area contributed by atoms with Gasteiger partial charge in [-0.2, -0.15) is 4.89 Å². The topological polar surface area (TPSA) is 107 Å². The van der Waals surface area contributed by atoms with Crippen molar-refractivity contribution in [1.29, 1.82) is 0 Å². The van der Waals surface area contributed by atoms with Crippen LogP contribution in [0.2, 0.25) is 0 Å². The van der Waals surface area contributed by atoms with Crippen LogP contribution in [0.3, 0.4) is 0 Å². The predicted octanol–water partition coefficient (Wildman–Crippen LogP) is 2.42. The van der Waals surface area contributed by atoms with Gasteiger partial charge in [0.25, 0.3) is 0 Å². The molecule has 0 aliphatic carbocycles. The Morgan fingerprint density at radius 2 is 1.14 bits per heavy atom. The van der Waals surface area contributed by atoms with E-state index in [1.165, 1.54) is 0 Å². The van der Waals surface area contributed by atoms with Gasteiger partial charge in [-0.1, -0.05) is 34.6 Å². The number of esters is 2. The molecule has 0 unspecified atom stereocenters. The second kappa shape index (κ2) is 21.8. The maximum absolute atomic E-state index is 10.9. The molecule has 0 aromatic heterocycles. The van der Waals surface area contributed by atoms with E-state index in [0.717, 1.165) is 18.2 Å². The van der Waals surface area contributed by atoms with E-state index in [4.69, 9.17) is 23.8 Å². The Bertz CT molecular complexity index is 458. The summed E-state index contributed by atoms with van der Waals surface area (Å²) in [5, 5.41) is 0. The lowest BCUT2D eigenvalue weighted by Crippen LogP contribution is -2.21. The van der Waals surface area contributed by atoms with Gasteiger partial charge in [0.05, 0.1) is 33.0 Å². The first-order valence-corrected chi connectivity index (χ1v) is 8.23. The van der Waals surface area contributed by atoms with E-state index in [1.54, 1.807) is 0 Å². The summed E-state index contributed by atoms with van der Waals surface area (Å²) in [5.41, 5.74) is 0. The molecule has 0 aliphatic rings. The third-order valence-electron chi connectivity index (χ3n) is 2.90. The number of hydrogen-bond acceptors (Lipinski definition) is 9. The maximum atomic E-state index is 10.9. The molecule has 0 bridgehead atoms. The molecule has 0 rings (SSSR count). The van der Waals surface area contributed by atoms with E-state index in [9.17, 15) is 14.4 Å². The molecule has 29 heavy (non-hydrogen) atoms. The molecule has 0 aromatic carbocycles. The van der Waals surface area contributed by atoms with E-state index >= 15 is 0 Å². The van der Waals surface area contributed by atoms with Crippen molar-refractivity contribution in [1.82, 2.24) is 0 Å². The first-order chi connectivity index (χ1) is 13.0. The lowest BCUT2D eigenvalue weighted by molar-refractivity contribution is -0.269. The average Bonchev–Trinajstić information content (AvgIpc) is 2.68. The number of carbonyl (C=O) groups excluding carboxylic acids is 3. The fourth-order valence-corrected chi connectivity index (χ4v) is 1.58. The molecular formula is C20H34O9. The number of rotatable bonds is 17. The molecule has 0 spiro atoms. The van der Waals surface area contributed by atoms with Crippen LogP contribution < -0.4 is 0 Å². The van der Waals surface area contributed by atoms with Crippen molar-refractivity contribution >= 4 is 17.9 Å². The van der Waals surface area contributed by atoms with Crippen LogP contribution in [-0.4, -0.2) is 64.2 Å². The fourth-order valence-electron chi connectivity index (χ4n) is 1.58. The molecule has 0 N–H and O–H groups in total. The van der Waals surface area contributed by atoms with Crippen LogP contribution in [0, 0.1) is 5.92 Å². The van der Waals surface area contributed by atoms with Crippen LogP contribution in [0.4, 0.5) is 0 Å². The molecular weight excluding hydrogens is 384 g/mol. The van der Waals surface area contributed by atoms with Crippen molar-refractivity contribution in [3.63, 3.8) is 0 Å². The molecule has 0 aromatic rings. The zero-order valence-corrected chi connectivity index (χ0v) is 15.3. The summed E-state index contributed by atoms with van der Waals surface area (Å²) < 4.78 is 20.5. The van der Waals surface area contributed by atoms with Crippen LogP contribution in [0.1, 0.15) is 21.3 Å². The van der Waals surface area contributed by atoms with Crippen molar-refractivity contribution < 1.29 is 43.1 Å². The van der Waals surface area contributed by atoms with Gasteiger partial charge in [0, 0.05) is 24.1 Å². The second-order valence-electron chi connectivity index (χ2n) is 4.98. The zero-order chi connectivity index (χ0) is 20.3. The Morgan fingerprint density at radius 1 is 0.690 bits per heavy atom. The third kappa shape index (κ3) is 20.1. The van der Waals surface area contributed by atoms with Gasteiger partial charge in [-0.15, -0.1) is 0 Å². The van der Waals surface area contributed by atoms with Gasteiger partial charge in [-0.05, 0) is 6.42 Å². The Labute approximate surface area is 173 Å². The largest absolute Gasteiger partial charge is 0.460 e. The quantitative estimate of drug-likeness (QED) is 0.116. The lowest BCUT2D eigenvalue weighted by atomic mass is 10.1. The molecule has 0 saturated heterocycles. The normalized spacial score (nSPS) is 9.41. The Morgan fingerprint density at radius 3 is 1.55 bits per heavy atom. The minimum Gasteiger partial charge on any atom is -0.460 e. The fraction of sp³-hybridized carbons (Fsp3) is 0.550. The van der Waals surface area contributed by atoms with Gasteiger partial charge in [-0.25, -0.2) is 14.4 Å². The van der Waals surface area contributed by atoms with E-state index in [-0.39, 0.29) is 53.8 Å². The molecule has 0 atom stereocenters. The summed E-state index contributed by atoms with van der Waals surface area (Å²) in [7, 11) is 0. The van der Waals surface area contributed by atoms with Crippen molar-refractivity contribution in [2.45, 2.75) is 21.3 Å². The van der Waals surface area contributed by atoms with Crippen LogP contribution in [0.15, 0.2) is 38.0 Å². The van der Waals surface area contributed by atoms with Crippen molar-refractivity contribution in [2.75, 3.05) is 46.2 Å². The van der Waals surface area contributed by atoms with E-state index in [1.807, 2.05) is 0 Å². The zero-order valence-electron chi connectivity index (χ0n) is 15.3. The minimum atomic E-state index is -0.688. The highest BCUT2D eigenvalue weighted by Crippen LogP contribution is 2.06. The van der Waals surface area contributed by atoms with Crippen molar-refractivity contribution in [2.24, 2.45) is 5.92 Å². The van der Waals surface area contributed by atoms with Gasteiger partial charge < -0.3 is 18.9 Å². The molecule has 9 nitrogen and oxygen atoms in total. The molecule has 0 fully saturated rings. The Hall–Kier alpha value is -2.49. The maximum Gasteiger partial charge on any atom is 0.365 e. The van der Waals surface area contributed by atoms with E-state index in [0.29, 0.717) is 19.6 Å². The van der Waals surface area contributed by atoms with Crippen LogP contribution in [0.5, 0.6) is 0 Å². The highest BCUT2D eigenvalue weighted by atomic mass is 17.2. The predicted molar refractivity (Wildman–Crippen MR) is 108 cm³/mol. The highest BCUT2D eigenvalue weighted by molar-refractivity contribution is 5.81. The smallest absolute Gasteiger partial charge is 0.365 e. The summed E-state index contributed by atoms with van der Waals surface area (Å²) in [6.45, 7) is 11.2. The molecule has 168 valence electrons. The number of hydrogen-bond donors (Lipinski definition) is 0. The molecule has 0 aliphatic heterocycles. The summed E-state index contributed by atoms with van der Waals surface area (Å²) in [5.74, 6) is -1.82. The SMILES string of the molecule is C.C.C=CC(=O)OCCOCC(CCOOC(=O)C=C)COCCOC(=O)C=C. The van der Waals surface area contributed by atoms with Gasteiger partial charge in [0.1, 0.15) is 13.2 Å². The van der Waals surface area contributed by atoms with Crippen LogP contribution >= 0.6 is 0 Å². The standard InChI is InChI=1S/C18H26O9.2CH4/c1-4-16(19)24-11-9-22-13-15(7-8-26-27-18(21)6-3)14-23-10-12-25-17(20)5-2;;/h4-6,15H,1-3,7-14H2;2*1H4. The monoisotopic (exact) mass is 418 g/mol. The second-order valence-corrected chi connectivity index (χ2v) is 4.98. The first kappa shape index (κ1) is 31.2. The highest BCUT2D eigenvalue weighted by Gasteiger charge is 2.11. The first-order valence-electron chi connectivity index (χ1n) is 8.23. The molecule has 0 saturated carbocycles. The van der Waals surface area contributed by atoms with Gasteiger partial charge in [-0.3, -0.25) is 4.89 Å². The van der Waals surface area contributed by atoms with E-state index < -0.39 is 17.9 Å². The van der Waals surface area contributed by atoms with Crippen molar-refractivity contribution in [3.8, 4) is 0 Å². The van der Waals surface area contributed by atoms with Gasteiger partial charge >= 0.3 is 17.9 Å². The summed E-state index contributed by atoms with van der Waals surface area (Å²) in [6.07, 6.45) is 3.59. The molecule has 0 amide bonds. The van der Waals surface area contributed by atoms with Crippen LogP contribution in [0.25, 0.3) is 0 Å². The van der Waals surface area contributed by atoms with Crippen molar-refractivity contribution in [3.05, 3.63) is 38.0 Å². The van der Waals surface area contributed by atoms with E-state index in [2.05, 4.69) is 24.6 Å². The Kier molecular flexibility index (Phi) is 23.5. The summed E-state index contributed by atoms with van der Waals surface area (Å²) in [6, 6.07) is 0. The number of ether oxygens (including phenoxy) is 4. The average molecular weight is 418 g/mol. The van der Waals surface area contributed by atoms with Crippen LogP contribution in [-0.2, 0) is 43.1 Å².